The van der Waals surface area contributed by atoms with E-state index in [0.29, 0.717) is 18.8 Å². The average molecular weight is 346 g/mol. The molecule has 26 heavy (non-hydrogen) atoms. The lowest BCUT2D eigenvalue weighted by Gasteiger charge is -2.23. The molecule has 0 saturated heterocycles. The van der Waals surface area contributed by atoms with Gasteiger partial charge in [-0.15, -0.1) is 0 Å². The van der Waals surface area contributed by atoms with Crippen molar-refractivity contribution in [1.29, 1.82) is 0 Å². The molecule has 2 heteroatoms. The number of Topliss-reactive ketones (excluding diaryl/α,β-unsaturated/α-hetero) is 2. The van der Waals surface area contributed by atoms with Gasteiger partial charge in [-0.05, 0) is 78.9 Å². The SMILES string of the molecule is CC(=O)C1C(CC(=O)C2=CC(C3=CC=CC3)=CC2)=CC2=C1CCC(C)C2. The highest BCUT2D eigenvalue weighted by molar-refractivity contribution is 6.00. The summed E-state index contributed by atoms with van der Waals surface area (Å²) in [5.74, 6) is 0.890. The van der Waals surface area contributed by atoms with Crippen molar-refractivity contribution in [3.8, 4) is 0 Å². The predicted molar refractivity (Wildman–Crippen MR) is 105 cm³/mol. The average Bonchev–Trinajstić information content (AvgIpc) is 3.32. The molecular formula is C24H26O2. The Morgan fingerprint density at radius 1 is 1.19 bits per heavy atom. The topological polar surface area (TPSA) is 34.1 Å². The lowest BCUT2D eigenvalue weighted by molar-refractivity contribution is -0.118. The molecule has 134 valence electrons. The van der Waals surface area contributed by atoms with E-state index in [-0.39, 0.29) is 17.5 Å². The van der Waals surface area contributed by atoms with Crippen molar-refractivity contribution < 1.29 is 9.59 Å². The highest BCUT2D eigenvalue weighted by Crippen LogP contribution is 2.44. The van der Waals surface area contributed by atoms with Gasteiger partial charge in [0.2, 0.25) is 0 Å². The summed E-state index contributed by atoms with van der Waals surface area (Å²) in [7, 11) is 0. The van der Waals surface area contributed by atoms with Crippen LogP contribution in [0.25, 0.3) is 0 Å². The summed E-state index contributed by atoms with van der Waals surface area (Å²) in [6.07, 6.45) is 18.0. The second-order valence-corrected chi connectivity index (χ2v) is 8.12. The molecule has 0 aromatic heterocycles. The lowest BCUT2D eigenvalue weighted by Crippen LogP contribution is -2.18. The van der Waals surface area contributed by atoms with Gasteiger partial charge in [0.1, 0.15) is 5.78 Å². The van der Waals surface area contributed by atoms with Gasteiger partial charge in [-0.25, -0.2) is 0 Å². The Kier molecular flexibility index (Phi) is 4.52. The zero-order valence-corrected chi connectivity index (χ0v) is 15.7. The Hall–Kier alpha value is -2.22. The van der Waals surface area contributed by atoms with Crippen molar-refractivity contribution in [2.24, 2.45) is 11.8 Å². The molecule has 0 heterocycles. The van der Waals surface area contributed by atoms with E-state index >= 15 is 0 Å². The number of ketones is 2. The quantitative estimate of drug-likeness (QED) is 0.672. The Morgan fingerprint density at radius 2 is 2.04 bits per heavy atom. The molecule has 0 aromatic rings. The Balaban J connectivity index is 1.49. The number of hydrogen-bond acceptors (Lipinski definition) is 2. The summed E-state index contributed by atoms with van der Waals surface area (Å²) in [5.41, 5.74) is 7.01. The van der Waals surface area contributed by atoms with Crippen LogP contribution < -0.4 is 0 Å². The first-order valence-corrected chi connectivity index (χ1v) is 9.75. The molecule has 0 saturated carbocycles. The zero-order valence-electron chi connectivity index (χ0n) is 15.7. The molecule has 0 spiro atoms. The van der Waals surface area contributed by atoms with Crippen LogP contribution in [0.3, 0.4) is 0 Å². The minimum absolute atomic E-state index is 0.141. The van der Waals surface area contributed by atoms with E-state index in [2.05, 4.69) is 43.4 Å². The molecule has 2 nitrogen and oxygen atoms in total. The van der Waals surface area contributed by atoms with E-state index in [1.807, 2.05) is 0 Å². The third-order valence-electron chi connectivity index (χ3n) is 6.11. The minimum atomic E-state index is -0.141. The fourth-order valence-corrected chi connectivity index (χ4v) is 4.75. The van der Waals surface area contributed by atoms with Crippen LogP contribution in [0, 0.1) is 11.8 Å². The first-order chi connectivity index (χ1) is 12.5. The molecule has 4 rings (SSSR count). The van der Waals surface area contributed by atoms with E-state index in [9.17, 15) is 9.59 Å². The normalized spacial score (nSPS) is 27.2. The highest BCUT2D eigenvalue weighted by Gasteiger charge is 2.34. The molecule has 2 atom stereocenters. The Bertz CT molecular complexity index is 855. The van der Waals surface area contributed by atoms with Crippen molar-refractivity contribution in [2.75, 3.05) is 0 Å². The summed E-state index contributed by atoms with van der Waals surface area (Å²) < 4.78 is 0. The van der Waals surface area contributed by atoms with Gasteiger partial charge < -0.3 is 0 Å². The van der Waals surface area contributed by atoms with E-state index in [4.69, 9.17) is 0 Å². The van der Waals surface area contributed by atoms with Crippen molar-refractivity contribution in [3.63, 3.8) is 0 Å². The summed E-state index contributed by atoms with van der Waals surface area (Å²) in [4.78, 5) is 25.2. The van der Waals surface area contributed by atoms with Crippen LogP contribution in [-0.2, 0) is 9.59 Å². The fourth-order valence-electron chi connectivity index (χ4n) is 4.75. The largest absolute Gasteiger partial charge is 0.299 e. The van der Waals surface area contributed by atoms with Gasteiger partial charge in [-0.1, -0.05) is 42.9 Å². The zero-order chi connectivity index (χ0) is 18.3. The summed E-state index contributed by atoms with van der Waals surface area (Å²) in [5, 5.41) is 0. The van der Waals surface area contributed by atoms with Crippen LogP contribution in [0.4, 0.5) is 0 Å². The van der Waals surface area contributed by atoms with Crippen LogP contribution >= 0.6 is 0 Å². The van der Waals surface area contributed by atoms with Gasteiger partial charge in [-0.2, -0.15) is 0 Å². The molecule has 0 bridgehead atoms. The molecule has 4 aliphatic rings. The molecule has 2 unspecified atom stereocenters. The number of rotatable bonds is 5. The van der Waals surface area contributed by atoms with Gasteiger partial charge >= 0.3 is 0 Å². The molecule has 0 amide bonds. The molecule has 0 N–H and O–H groups in total. The molecule has 4 aliphatic carbocycles. The first kappa shape index (κ1) is 17.2. The molecule has 0 aliphatic heterocycles. The second kappa shape index (κ2) is 6.83. The summed E-state index contributed by atoms with van der Waals surface area (Å²) in [6.45, 7) is 3.94. The second-order valence-electron chi connectivity index (χ2n) is 8.12. The van der Waals surface area contributed by atoms with Gasteiger partial charge in [0.05, 0.1) is 5.92 Å². The smallest absolute Gasteiger partial charge is 0.163 e. The van der Waals surface area contributed by atoms with Crippen LogP contribution in [0.2, 0.25) is 0 Å². The maximum absolute atomic E-state index is 12.9. The molecule has 0 radical (unpaired) electrons. The van der Waals surface area contributed by atoms with Crippen molar-refractivity contribution in [1.82, 2.24) is 0 Å². The van der Waals surface area contributed by atoms with Crippen molar-refractivity contribution >= 4 is 11.6 Å². The van der Waals surface area contributed by atoms with E-state index in [0.717, 1.165) is 36.8 Å². The molecule has 0 fully saturated rings. The van der Waals surface area contributed by atoms with E-state index in [1.54, 1.807) is 6.92 Å². The Morgan fingerprint density at radius 3 is 2.77 bits per heavy atom. The third-order valence-corrected chi connectivity index (χ3v) is 6.11. The minimum Gasteiger partial charge on any atom is -0.299 e. The number of carbonyl (C=O) groups excluding carboxylic acids is 2. The van der Waals surface area contributed by atoms with Gasteiger partial charge in [0.25, 0.3) is 0 Å². The fraction of sp³-hybridized carbons (Fsp3) is 0.417. The lowest BCUT2D eigenvalue weighted by atomic mass is 9.80. The standard InChI is InChI=1S/C24H26O2/c1-15-7-10-22-20(11-15)13-21(24(22)16(2)25)14-23(26)19-9-8-18(12-19)17-5-3-4-6-17/h3-5,8,12-13,15,24H,6-7,9-11,14H2,1-2H3. The number of allylic oxidation sites excluding steroid dienone is 12. The molecule has 0 aromatic carbocycles. The van der Waals surface area contributed by atoms with E-state index < -0.39 is 0 Å². The molecular weight excluding hydrogens is 320 g/mol. The third kappa shape index (κ3) is 3.13. The predicted octanol–water partition coefficient (Wildman–Crippen LogP) is 5.35. The Labute approximate surface area is 155 Å². The van der Waals surface area contributed by atoms with Gasteiger partial charge in [0.15, 0.2) is 5.78 Å². The maximum Gasteiger partial charge on any atom is 0.163 e. The van der Waals surface area contributed by atoms with Crippen LogP contribution in [0.15, 0.2) is 69.9 Å². The monoisotopic (exact) mass is 346 g/mol. The van der Waals surface area contributed by atoms with E-state index in [1.165, 1.54) is 22.3 Å². The number of carbonyl (C=O) groups is 2. The maximum atomic E-state index is 12.9. The highest BCUT2D eigenvalue weighted by atomic mass is 16.1. The van der Waals surface area contributed by atoms with Crippen molar-refractivity contribution in [3.05, 3.63) is 69.9 Å². The first-order valence-electron chi connectivity index (χ1n) is 9.75. The summed E-state index contributed by atoms with van der Waals surface area (Å²) >= 11 is 0. The number of hydrogen-bond donors (Lipinski definition) is 0. The van der Waals surface area contributed by atoms with Crippen molar-refractivity contribution in [2.45, 2.75) is 52.4 Å². The van der Waals surface area contributed by atoms with Crippen LogP contribution in [0.1, 0.15) is 52.4 Å². The van der Waals surface area contributed by atoms with Gasteiger partial charge in [0, 0.05) is 6.42 Å². The van der Waals surface area contributed by atoms with Crippen LogP contribution in [0.5, 0.6) is 0 Å². The van der Waals surface area contributed by atoms with Gasteiger partial charge in [-0.3, -0.25) is 9.59 Å². The van der Waals surface area contributed by atoms with Crippen LogP contribution in [-0.4, -0.2) is 11.6 Å². The summed E-state index contributed by atoms with van der Waals surface area (Å²) in [6, 6.07) is 0.